The zero-order valence-corrected chi connectivity index (χ0v) is 37.5. The average Bonchev–Trinajstić information content (AvgIpc) is 3.23. The Morgan fingerprint density at radius 1 is 0.902 bits per heavy atom. The lowest BCUT2D eigenvalue weighted by Crippen LogP contribution is -2.42. The standard InChI is InChI=1S/C47H57FN2O10S/c1-29-30(2)43-37(31(3)42(29)58-28-54-9)21-22-47(7,59-43)27-57-36-19-20-38(39(24-36)50(8)45(53)60-46(4,5)6)49-41(51)25-56-35-17-13-32(14-18-35)23-40(44(52)55-10)61-26-33-11-15-34(48)16-12-33/h11-20,24,40H,21-23,25-28H2,1-10H3,(H,49,51). The first-order valence-electron chi connectivity index (χ1n) is 20.0. The fraction of sp³-hybridized carbons (Fsp3) is 0.426. The number of thioether (sulfide) groups is 1. The predicted octanol–water partition coefficient (Wildman–Crippen LogP) is 9.30. The Balaban J connectivity index is 1.24. The van der Waals surface area contributed by atoms with Crippen molar-refractivity contribution >= 4 is 41.1 Å². The largest absolute Gasteiger partial charge is 0.489 e. The Kier molecular flexibility index (Phi) is 15.6. The number of ether oxygens (including phenoxy) is 7. The molecule has 2 amide bonds. The minimum absolute atomic E-state index is 0.161. The van der Waals surface area contributed by atoms with Crippen LogP contribution >= 0.6 is 11.8 Å². The molecule has 4 aromatic rings. The van der Waals surface area contributed by atoms with Crippen LogP contribution in [0.1, 0.15) is 67.5 Å². The first-order chi connectivity index (χ1) is 28.9. The van der Waals surface area contributed by atoms with Crippen molar-refractivity contribution < 1.29 is 51.9 Å². The number of esters is 1. The Hall–Kier alpha value is -5.47. The van der Waals surface area contributed by atoms with Crippen LogP contribution in [0.4, 0.5) is 20.6 Å². The maximum absolute atomic E-state index is 13.3. The second-order valence-corrected chi connectivity index (χ2v) is 17.4. The molecule has 12 nitrogen and oxygen atoms in total. The van der Waals surface area contributed by atoms with E-state index in [4.69, 9.17) is 33.2 Å². The van der Waals surface area contributed by atoms with E-state index in [-0.39, 0.29) is 31.8 Å². The monoisotopic (exact) mass is 860 g/mol. The Morgan fingerprint density at radius 2 is 1.57 bits per heavy atom. The predicted molar refractivity (Wildman–Crippen MR) is 235 cm³/mol. The van der Waals surface area contributed by atoms with Gasteiger partial charge in [0.2, 0.25) is 0 Å². The number of rotatable bonds is 17. The first kappa shape index (κ1) is 46.6. The van der Waals surface area contributed by atoms with E-state index < -0.39 is 28.5 Å². The summed E-state index contributed by atoms with van der Waals surface area (Å²) in [5.41, 5.74) is 5.18. The molecule has 328 valence electrons. The van der Waals surface area contributed by atoms with Crippen LogP contribution in [0.2, 0.25) is 0 Å². The third-order valence-electron chi connectivity index (χ3n) is 10.2. The maximum atomic E-state index is 13.3. The summed E-state index contributed by atoms with van der Waals surface area (Å²) in [4.78, 5) is 40.4. The molecule has 4 aromatic carbocycles. The molecule has 5 rings (SSSR count). The number of halogens is 1. The molecular formula is C47H57FN2O10S. The number of anilines is 2. The van der Waals surface area contributed by atoms with Gasteiger partial charge in [-0.25, -0.2) is 9.18 Å². The zero-order chi connectivity index (χ0) is 44.5. The number of benzene rings is 4. The van der Waals surface area contributed by atoms with Crippen LogP contribution in [-0.2, 0) is 42.4 Å². The SMILES string of the molecule is COCOc1c(C)c(C)c2c(c1C)CCC(C)(COc1ccc(NC(=O)COc3ccc(CC(SCc4ccc(F)cc4)C(=O)OC)cc3)c(N(C)C(=O)OC(C)(C)C)c1)O2. The van der Waals surface area contributed by atoms with Crippen LogP contribution in [0.25, 0.3) is 0 Å². The van der Waals surface area contributed by atoms with Gasteiger partial charge in [0.1, 0.15) is 51.9 Å². The average molecular weight is 861 g/mol. The molecule has 0 saturated carbocycles. The van der Waals surface area contributed by atoms with Gasteiger partial charge in [0.15, 0.2) is 13.4 Å². The van der Waals surface area contributed by atoms with Crippen LogP contribution in [0.3, 0.4) is 0 Å². The van der Waals surface area contributed by atoms with Gasteiger partial charge in [-0.3, -0.25) is 14.5 Å². The summed E-state index contributed by atoms with van der Waals surface area (Å²) in [6.45, 7) is 13.5. The lowest BCUT2D eigenvalue weighted by molar-refractivity contribution is -0.139. The van der Waals surface area contributed by atoms with Gasteiger partial charge in [0.05, 0.1) is 18.5 Å². The van der Waals surface area contributed by atoms with Gasteiger partial charge in [-0.1, -0.05) is 24.3 Å². The number of carbonyl (C=O) groups excluding carboxylic acids is 3. The van der Waals surface area contributed by atoms with Gasteiger partial charge in [-0.05, 0) is 132 Å². The number of fused-ring (bicyclic) bond motifs is 1. The molecule has 2 atom stereocenters. The van der Waals surface area contributed by atoms with Crippen molar-refractivity contribution in [2.45, 2.75) is 89.9 Å². The quantitative estimate of drug-likeness (QED) is 0.0805. The van der Waals surface area contributed by atoms with Crippen LogP contribution in [0, 0.1) is 26.6 Å². The number of methoxy groups -OCH3 is 2. The molecule has 0 bridgehead atoms. The van der Waals surface area contributed by atoms with Gasteiger partial charge in [-0.15, -0.1) is 11.8 Å². The third-order valence-corrected chi connectivity index (χ3v) is 11.5. The number of hydrogen-bond acceptors (Lipinski definition) is 11. The highest BCUT2D eigenvalue weighted by Crippen LogP contribution is 2.44. The third kappa shape index (κ3) is 12.5. The Bertz CT molecular complexity index is 2170. The van der Waals surface area contributed by atoms with Crippen molar-refractivity contribution in [3.63, 3.8) is 0 Å². The van der Waals surface area contributed by atoms with Gasteiger partial charge in [0, 0.05) is 31.5 Å². The molecule has 0 spiro atoms. The molecular weight excluding hydrogens is 804 g/mol. The van der Waals surface area contributed by atoms with Crippen molar-refractivity contribution in [1.29, 1.82) is 0 Å². The summed E-state index contributed by atoms with van der Waals surface area (Å²) in [6.07, 6.45) is 1.25. The van der Waals surface area contributed by atoms with Crippen LogP contribution < -0.4 is 29.2 Å². The number of nitrogens with zero attached hydrogens (tertiary/aromatic N) is 1. The normalized spacial score (nSPS) is 15.1. The summed E-state index contributed by atoms with van der Waals surface area (Å²) < 4.78 is 53.9. The molecule has 0 aliphatic carbocycles. The first-order valence-corrected chi connectivity index (χ1v) is 21.1. The molecule has 0 fully saturated rings. The summed E-state index contributed by atoms with van der Waals surface area (Å²) in [7, 11) is 4.51. The summed E-state index contributed by atoms with van der Waals surface area (Å²) in [5.74, 6) is 1.94. The van der Waals surface area contributed by atoms with E-state index in [9.17, 15) is 18.8 Å². The van der Waals surface area contributed by atoms with E-state index in [0.29, 0.717) is 41.5 Å². The van der Waals surface area contributed by atoms with Gasteiger partial charge >= 0.3 is 12.1 Å². The van der Waals surface area contributed by atoms with Crippen molar-refractivity contribution in [3.8, 4) is 23.0 Å². The van der Waals surface area contributed by atoms with E-state index in [1.165, 1.54) is 35.9 Å². The van der Waals surface area contributed by atoms with Crippen molar-refractivity contribution in [3.05, 3.63) is 106 Å². The molecule has 1 heterocycles. The Labute approximate surface area is 362 Å². The smallest absolute Gasteiger partial charge is 0.414 e. The molecule has 1 aliphatic heterocycles. The van der Waals surface area contributed by atoms with Gasteiger partial charge in [0.25, 0.3) is 5.91 Å². The second-order valence-electron chi connectivity index (χ2n) is 16.3. The van der Waals surface area contributed by atoms with Crippen molar-refractivity contribution in [2.75, 3.05) is 51.5 Å². The molecule has 1 aliphatic rings. The zero-order valence-electron chi connectivity index (χ0n) is 36.7. The molecule has 61 heavy (non-hydrogen) atoms. The minimum Gasteiger partial charge on any atom is -0.489 e. The highest BCUT2D eigenvalue weighted by Gasteiger charge is 2.36. The fourth-order valence-electron chi connectivity index (χ4n) is 6.76. The van der Waals surface area contributed by atoms with E-state index >= 15 is 0 Å². The van der Waals surface area contributed by atoms with Gasteiger partial charge < -0.3 is 38.5 Å². The van der Waals surface area contributed by atoms with Crippen LogP contribution in [0.5, 0.6) is 23.0 Å². The lowest BCUT2D eigenvalue weighted by atomic mass is 9.87. The molecule has 0 radical (unpaired) electrons. The number of carbonyl (C=O) groups is 3. The van der Waals surface area contributed by atoms with E-state index in [2.05, 4.69) is 5.32 Å². The van der Waals surface area contributed by atoms with Crippen molar-refractivity contribution in [2.24, 2.45) is 0 Å². The fourth-order valence-corrected chi connectivity index (χ4v) is 7.89. The van der Waals surface area contributed by atoms with Crippen LogP contribution in [0.15, 0.2) is 66.7 Å². The molecule has 0 aromatic heterocycles. The highest BCUT2D eigenvalue weighted by atomic mass is 32.2. The lowest BCUT2D eigenvalue weighted by Gasteiger charge is -2.38. The van der Waals surface area contributed by atoms with E-state index in [1.807, 2.05) is 39.8 Å². The summed E-state index contributed by atoms with van der Waals surface area (Å²) >= 11 is 1.41. The molecule has 2 unspecified atom stereocenters. The molecule has 0 saturated heterocycles. The summed E-state index contributed by atoms with van der Waals surface area (Å²) in [5, 5.41) is 2.39. The minimum atomic E-state index is -0.760. The number of nitrogens with one attached hydrogen (secondary N) is 1. The topological polar surface area (TPSA) is 131 Å². The molecule has 1 N–H and O–H groups in total. The van der Waals surface area contributed by atoms with E-state index in [1.54, 1.807) is 77.4 Å². The van der Waals surface area contributed by atoms with E-state index in [0.717, 1.165) is 51.3 Å². The molecule has 14 heteroatoms. The maximum Gasteiger partial charge on any atom is 0.414 e. The second kappa shape index (κ2) is 20.4. The highest BCUT2D eigenvalue weighted by molar-refractivity contribution is 7.99. The number of amides is 2. The van der Waals surface area contributed by atoms with Crippen molar-refractivity contribution in [1.82, 2.24) is 0 Å². The number of hydrogen-bond donors (Lipinski definition) is 1. The summed E-state index contributed by atoms with van der Waals surface area (Å²) in [6, 6.07) is 18.3. The Morgan fingerprint density at radius 3 is 2.23 bits per heavy atom. The van der Waals surface area contributed by atoms with Crippen LogP contribution in [-0.4, -0.2) is 75.7 Å². The van der Waals surface area contributed by atoms with Gasteiger partial charge in [-0.2, -0.15) is 0 Å².